The van der Waals surface area contributed by atoms with Crippen molar-refractivity contribution >= 4 is 11.9 Å². The Labute approximate surface area is 102 Å². The van der Waals surface area contributed by atoms with Crippen molar-refractivity contribution in [1.82, 2.24) is 5.32 Å². The highest BCUT2D eigenvalue weighted by molar-refractivity contribution is 5.89. The van der Waals surface area contributed by atoms with Crippen LogP contribution in [0.5, 0.6) is 0 Å². The Balaban J connectivity index is 2.61. The fraction of sp³-hybridized carbons (Fsp3) is 0.833. The molecular formula is C12H22N2O3. The van der Waals surface area contributed by atoms with Crippen molar-refractivity contribution in [3.63, 3.8) is 0 Å². The maximum Gasteiger partial charge on any atom is 0.329 e. The van der Waals surface area contributed by atoms with Gasteiger partial charge in [-0.05, 0) is 38.0 Å². The molecule has 0 saturated heterocycles. The largest absolute Gasteiger partial charge is 0.480 e. The second-order valence-electron chi connectivity index (χ2n) is 5.51. The third kappa shape index (κ3) is 3.43. The summed E-state index contributed by atoms with van der Waals surface area (Å²) in [6.45, 7) is 5.52. The van der Waals surface area contributed by atoms with E-state index in [9.17, 15) is 14.7 Å². The third-order valence-corrected chi connectivity index (χ3v) is 3.28. The lowest BCUT2D eigenvalue weighted by Gasteiger charge is -2.28. The summed E-state index contributed by atoms with van der Waals surface area (Å²) in [4.78, 5) is 23.1. The van der Waals surface area contributed by atoms with Crippen LogP contribution in [0.2, 0.25) is 0 Å². The van der Waals surface area contributed by atoms with Gasteiger partial charge in [0.1, 0.15) is 5.54 Å². The molecule has 17 heavy (non-hydrogen) atoms. The van der Waals surface area contributed by atoms with Crippen molar-refractivity contribution in [2.24, 2.45) is 17.6 Å². The molecule has 0 aromatic carbocycles. The summed E-state index contributed by atoms with van der Waals surface area (Å²) in [6.07, 6.45) is 2.26. The predicted octanol–water partition coefficient (Wildman–Crippen LogP) is 0.729. The Kier molecular flexibility index (Phi) is 4.14. The van der Waals surface area contributed by atoms with Crippen LogP contribution >= 0.6 is 0 Å². The number of hydrogen-bond donors (Lipinski definition) is 3. The monoisotopic (exact) mass is 242 g/mol. The first-order chi connectivity index (χ1) is 7.77. The SMILES string of the molecule is CC(C)CC(N)C(=O)NC(C)(C(=O)O)C1CC1. The molecule has 2 unspecified atom stereocenters. The zero-order valence-corrected chi connectivity index (χ0v) is 10.7. The molecule has 1 fully saturated rings. The first-order valence-electron chi connectivity index (χ1n) is 6.08. The third-order valence-electron chi connectivity index (χ3n) is 3.28. The highest BCUT2D eigenvalue weighted by atomic mass is 16.4. The average molecular weight is 242 g/mol. The van der Waals surface area contributed by atoms with E-state index in [-0.39, 0.29) is 11.8 Å². The van der Waals surface area contributed by atoms with Crippen LogP contribution in [0.25, 0.3) is 0 Å². The van der Waals surface area contributed by atoms with Crippen molar-refractivity contribution in [1.29, 1.82) is 0 Å². The minimum atomic E-state index is -1.16. The summed E-state index contributed by atoms with van der Waals surface area (Å²) >= 11 is 0. The molecule has 1 aliphatic rings. The Morgan fingerprint density at radius 3 is 2.35 bits per heavy atom. The fourth-order valence-corrected chi connectivity index (χ4v) is 1.95. The molecule has 5 heteroatoms. The minimum Gasteiger partial charge on any atom is -0.480 e. The summed E-state index contributed by atoms with van der Waals surface area (Å²) in [7, 11) is 0. The van der Waals surface area contributed by atoms with E-state index in [1.807, 2.05) is 13.8 Å². The molecule has 1 rings (SSSR count). The second kappa shape index (κ2) is 5.04. The van der Waals surface area contributed by atoms with E-state index in [2.05, 4.69) is 5.32 Å². The van der Waals surface area contributed by atoms with Gasteiger partial charge < -0.3 is 16.2 Å². The van der Waals surface area contributed by atoms with E-state index in [0.29, 0.717) is 12.3 Å². The van der Waals surface area contributed by atoms with Gasteiger partial charge in [0.25, 0.3) is 0 Å². The van der Waals surface area contributed by atoms with Crippen molar-refractivity contribution in [2.45, 2.75) is 51.6 Å². The molecule has 0 aliphatic heterocycles. The summed E-state index contributed by atoms with van der Waals surface area (Å²) in [5.74, 6) is -0.997. The number of aliphatic carboxylic acids is 1. The standard InChI is InChI=1S/C12H22N2O3/c1-7(2)6-9(13)10(15)14-12(3,11(16)17)8-4-5-8/h7-9H,4-6,13H2,1-3H3,(H,14,15)(H,16,17). The normalized spacial score (nSPS) is 20.8. The van der Waals surface area contributed by atoms with Gasteiger partial charge in [-0.1, -0.05) is 13.8 Å². The lowest BCUT2D eigenvalue weighted by atomic mass is 9.94. The van der Waals surface area contributed by atoms with Crippen LogP contribution in [0, 0.1) is 11.8 Å². The van der Waals surface area contributed by atoms with E-state index in [1.165, 1.54) is 0 Å². The number of hydrogen-bond acceptors (Lipinski definition) is 3. The molecule has 1 saturated carbocycles. The number of carboxylic acid groups (broad SMARTS) is 1. The molecule has 1 aliphatic carbocycles. The Morgan fingerprint density at radius 1 is 1.47 bits per heavy atom. The summed E-state index contributed by atoms with van der Waals surface area (Å²) in [5, 5.41) is 11.8. The number of carbonyl (C=O) groups is 2. The lowest BCUT2D eigenvalue weighted by Crippen LogP contribution is -2.58. The smallest absolute Gasteiger partial charge is 0.329 e. The van der Waals surface area contributed by atoms with Crippen molar-refractivity contribution in [3.05, 3.63) is 0 Å². The minimum absolute atomic E-state index is 0.0372. The van der Waals surface area contributed by atoms with Gasteiger partial charge in [-0.25, -0.2) is 4.79 Å². The number of carbonyl (C=O) groups excluding carboxylic acids is 1. The van der Waals surface area contributed by atoms with E-state index < -0.39 is 17.6 Å². The van der Waals surface area contributed by atoms with Gasteiger partial charge in [-0.2, -0.15) is 0 Å². The number of amides is 1. The predicted molar refractivity (Wildman–Crippen MR) is 64.3 cm³/mol. The Bertz CT molecular complexity index is 313. The molecule has 0 bridgehead atoms. The van der Waals surface area contributed by atoms with Crippen LogP contribution in [0.15, 0.2) is 0 Å². The number of rotatable bonds is 6. The van der Waals surface area contributed by atoms with Gasteiger partial charge in [0.2, 0.25) is 5.91 Å². The van der Waals surface area contributed by atoms with E-state index in [0.717, 1.165) is 12.8 Å². The van der Waals surface area contributed by atoms with Gasteiger partial charge in [-0.3, -0.25) is 4.79 Å². The summed E-state index contributed by atoms with van der Waals surface area (Å²) in [6, 6.07) is -0.632. The quantitative estimate of drug-likeness (QED) is 0.640. The molecule has 0 radical (unpaired) electrons. The van der Waals surface area contributed by atoms with E-state index in [1.54, 1.807) is 6.92 Å². The van der Waals surface area contributed by atoms with Gasteiger partial charge in [-0.15, -0.1) is 0 Å². The molecule has 0 spiro atoms. The van der Waals surface area contributed by atoms with Gasteiger partial charge in [0.05, 0.1) is 6.04 Å². The number of carboxylic acids is 1. The fourth-order valence-electron chi connectivity index (χ4n) is 1.95. The van der Waals surface area contributed by atoms with Crippen LogP contribution in [-0.4, -0.2) is 28.6 Å². The molecule has 5 nitrogen and oxygen atoms in total. The van der Waals surface area contributed by atoms with E-state index >= 15 is 0 Å². The maximum absolute atomic E-state index is 11.8. The molecule has 0 aromatic heterocycles. The zero-order valence-electron chi connectivity index (χ0n) is 10.7. The van der Waals surface area contributed by atoms with Gasteiger partial charge in [0, 0.05) is 0 Å². The van der Waals surface area contributed by atoms with Crippen LogP contribution in [0.1, 0.15) is 40.0 Å². The topological polar surface area (TPSA) is 92.4 Å². The molecule has 1 amide bonds. The van der Waals surface area contributed by atoms with Crippen LogP contribution in [-0.2, 0) is 9.59 Å². The summed E-state index contributed by atoms with van der Waals surface area (Å²) < 4.78 is 0. The maximum atomic E-state index is 11.8. The van der Waals surface area contributed by atoms with Crippen LogP contribution in [0.3, 0.4) is 0 Å². The van der Waals surface area contributed by atoms with Crippen LogP contribution < -0.4 is 11.1 Å². The summed E-state index contributed by atoms with van der Waals surface area (Å²) in [5.41, 5.74) is 4.58. The first-order valence-corrected chi connectivity index (χ1v) is 6.08. The average Bonchev–Trinajstić information content (AvgIpc) is 2.98. The number of nitrogens with one attached hydrogen (secondary N) is 1. The lowest BCUT2D eigenvalue weighted by molar-refractivity contribution is -0.148. The van der Waals surface area contributed by atoms with Gasteiger partial charge in [0.15, 0.2) is 0 Å². The van der Waals surface area contributed by atoms with Crippen molar-refractivity contribution in [2.75, 3.05) is 0 Å². The van der Waals surface area contributed by atoms with Crippen molar-refractivity contribution < 1.29 is 14.7 Å². The molecule has 0 heterocycles. The number of nitrogens with two attached hydrogens (primary N) is 1. The van der Waals surface area contributed by atoms with Crippen molar-refractivity contribution in [3.8, 4) is 0 Å². The highest BCUT2D eigenvalue weighted by Gasteiger charge is 2.48. The molecule has 98 valence electrons. The Morgan fingerprint density at radius 2 is 2.00 bits per heavy atom. The molecule has 0 aromatic rings. The first kappa shape index (κ1) is 14.0. The van der Waals surface area contributed by atoms with Crippen LogP contribution in [0.4, 0.5) is 0 Å². The molecule has 4 N–H and O–H groups in total. The zero-order chi connectivity index (χ0) is 13.2. The van der Waals surface area contributed by atoms with E-state index in [4.69, 9.17) is 5.73 Å². The molecular weight excluding hydrogens is 220 g/mol. The highest BCUT2D eigenvalue weighted by Crippen LogP contribution is 2.39. The molecule has 2 atom stereocenters. The Hall–Kier alpha value is -1.10. The second-order valence-corrected chi connectivity index (χ2v) is 5.51. The van der Waals surface area contributed by atoms with Gasteiger partial charge >= 0.3 is 5.97 Å².